The van der Waals surface area contributed by atoms with E-state index in [2.05, 4.69) is 11.4 Å². The zero-order valence-corrected chi connectivity index (χ0v) is 16.7. The van der Waals surface area contributed by atoms with Crippen LogP contribution in [0.2, 0.25) is 0 Å². The van der Waals surface area contributed by atoms with Crippen LogP contribution in [0, 0.1) is 6.92 Å². The smallest absolute Gasteiger partial charge is 0.264 e. The first-order valence-electron chi connectivity index (χ1n) is 9.36. The molecule has 144 valence electrons. The molecule has 1 aromatic heterocycles. The number of piperidine rings is 1. The highest BCUT2D eigenvalue weighted by Gasteiger charge is 2.32. The molecule has 1 saturated heterocycles. The highest BCUT2D eigenvalue weighted by molar-refractivity contribution is 7.12. The summed E-state index contributed by atoms with van der Waals surface area (Å²) >= 11 is 1.42. The topological polar surface area (TPSA) is 58.6 Å². The molecule has 0 aliphatic carbocycles. The third-order valence-electron chi connectivity index (χ3n) is 4.93. The van der Waals surface area contributed by atoms with Gasteiger partial charge in [0.05, 0.1) is 12.0 Å². The second-order valence-electron chi connectivity index (χ2n) is 6.84. The van der Waals surface area contributed by atoms with Crippen LogP contribution < -0.4 is 10.1 Å². The van der Waals surface area contributed by atoms with E-state index in [0.29, 0.717) is 24.4 Å². The van der Waals surface area contributed by atoms with Crippen molar-refractivity contribution in [1.29, 1.82) is 0 Å². The molecule has 0 radical (unpaired) electrons. The van der Waals surface area contributed by atoms with Gasteiger partial charge in [0, 0.05) is 13.1 Å². The van der Waals surface area contributed by atoms with Crippen molar-refractivity contribution in [2.75, 3.05) is 20.2 Å². The number of ether oxygens (including phenoxy) is 1. The molecule has 3 rings (SSSR count). The normalized spacial score (nSPS) is 16.8. The van der Waals surface area contributed by atoms with Crippen LogP contribution in [0.15, 0.2) is 35.7 Å². The number of nitrogens with one attached hydrogen (secondary N) is 1. The number of methoxy groups -OCH3 is 1. The van der Waals surface area contributed by atoms with Gasteiger partial charge in [0.1, 0.15) is 11.8 Å². The Bertz CT molecular complexity index is 789. The van der Waals surface area contributed by atoms with Crippen molar-refractivity contribution in [1.82, 2.24) is 10.2 Å². The molecule has 5 nitrogen and oxygen atoms in total. The second kappa shape index (κ2) is 9.04. The number of nitrogens with zero attached hydrogens (tertiary/aromatic N) is 1. The quantitative estimate of drug-likeness (QED) is 0.828. The summed E-state index contributed by atoms with van der Waals surface area (Å²) in [5.41, 5.74) is 2.24. The van der Waals surface area contributed by atoms with E-state index in [1.54, 1.807) is 12.0 Å². The lowest BCUT2D eigenvalue weighted by molar-refractivity contribution is -0.126. The Kier molecular flexibility index (Phi) is 6.50. The molecule has 1 aromatic carbocycles. The van der Waals surface area contributed by atoms with E-state index in [9.17, 15) is 9.59 Å². The van der Waals surface area contributed by atoms with Gasteiger partial charge in [0.2, 0.25) is 5.91 Å². The highest BCUT2D eigenvalue weighted by Crippen LogP contribution is 2.22. The van der Waals surface area contributed by atoms with Gasteiger partial charge in [-0.05, 0) is 55.7 Å². The molecule has 6 heteroatoms. The fraction of sp³-hybridized carbons (Fsp3) is 0.429. The lowest BCUT2D eigenvalue weighted by atomic mass is 10.0. The zero-order chi connectivity index (χ0) is 19.2. The second-order valence-corrected chi connectivity index (χ2v) is 7.79. The van der Waals surface area contributed by atoms with Gasteiger partial charge in [-0.3, -0.25) is 9.59 Å². The molecule has 1 aliphatic heterocycles. The predicted octanol–water partition coefficient (Wildman–Crippen LogP) is 3.42. The van der Waals surface area contributed by atoms with E-state index in [1.807, 2.05) is 36.6 Å². The Morgan fingerprint density at radius 2 is 2.15 bits per heavy atom. The largest absolute Gasteiger partial charge is 0.496 e. The van der Waals surface area contributed by atoms with Gasteiger partial charge in [0.25, 0.3) is 5.91 Å². The lowest BCUT2D eigenvalue weighted by Gasteiger charge is -2.34. The van der Waals surface area contributed by atoms with Crippen LogP contribution in [-0.2, 0) is 11.2 Å². The van der Waals surface area contributed by atoms with Crippen molar-refractivity contribution in [2.24, 2.45) is 0 Å². The first-order valence-corrected chi connectivity index (χ1v) is 10.2. The molecule has 1 N–H and O–H groups in total. The minimum atomic E-state index is -0.382. The highest BCUT2D eigenvalue weighted by atomic mass is 32.1. The molecule has 2 heterocycles. The van der Waals surface area contributed by atoms with Gasteiger partial charge < -0.3 is 15.0 Å². The van der Waals surface area contributed by atoms with Gasteiger partial charge >= 0.3 is 0 Å². The fourth-order valence-electron chi connectivity index (χ4n) is 3.53. The Balaban J connectivity index is 1.61. The summed E-state index contributed by atoms with van der Waals surface area (Å²) < 4.78 is 5.40. The molecule has 1 aliphatic rings. The summed E-state index contributed by atoms with van der Waals surface area (Å²) in [6.45, 7) is 3.20. The fourth-order valence-corrected chi connectivity index (χ4v) is 4.21. The molecule has 1 fully saturated rings. The van der Waals surface area contributed by atoms with E-state index in [-0.39, 0.29) is 17.9 Å². The van der Waals surface area contributed by atoms with Crippen molar-refractivity contribution in [2.45, 2.75) is 38.6 Å². The molecule has 0 saturated carbocycles. The van der Waals surface area contributed by atoms with Crippen molar-refractivity contribution < 1.29 is 14.3 Å². The molecule has 2 aromatic rings. The summed E-state index contributed by atoms with van der Waals surface area (Å²) in [4.78, 5) is 27.9. The number of aryl methyl sites for hydroxylation is 1. The van der Waals surface area contributed by atoms with Crippen LogP contribution in [-0.4, -0.2) is 43.0 Å². The number of hydrogen-bond acceptors (Lipinski definition) is 4. The van der Waals surface area contributed by atoms with Crippen molar-refractivity contribution in [3.63, 3.8) is 0 Å². The standard InChI is InChI=1S/C21H26N2O3S/c1-15-8-9-18(26-2)16(14-15)10-11-22-20(24)17-6-3-4-12-23(17)21(25)19-7-5-13-27-19/h5,7-9,13-14,17H,3-4,6,10-12H2,1-2H3,(H,22,24). The minimum Gasteiger partial charge on any atom is -0.496 e. The molecule has 1 unspecified atom stereocenters. The Morgan fingerprint density at radius 1 is 1.30 bits per heavy atom. The Labute approximate surface area is 164 Å². The third kappa shape index (κ3) is 4.69. The molecule has 2 amide bonds. The first kappa shape index (κ1) is 19.4. The minimum absolute atomic E-state index is 0.0368. The maximum Gasteiger partial charge on any atom is 0.264 e. The third-order valence-corrected chi connectivity index (χ3v) is 5.79. The van der Waals surface area contributed by atoms with E-state index < -0.39 is 0 Å². The maximum atomic E-state index is 12.8. The van der Waals surface area contributed by atoms with Gasteiger partial charge in [0.15, 0.2) is 0 Å². The number of amides is 2. The van der Waals surface area contributed by atoms with Crippen LogP contribution >= 0.6 is 11.3 Å². The van der Waals surface area contributed by atoms with Crippen LogP contribution in [0.25, 0.3) is 0 Å². The average Bonchev–Trinajstić information content (AvgIpc) is 3.22. The molecule has 27 heavy (non-hydrogen) atoms. The predicted molar refractivity (Wildman–Crippen MR) is 107 cm³/mol. The Morgan fingerprint density at radius 3 is 2.89 bits per heavy atom. The molecule has 0 bridgehead atoms. The van der Waals surface area contributed by atoms with Gasteiger partial charge in [-0.2, -0.15) is 0 Å². The summed E-state index contributed by atoms with van der Waals surface area (Å²) in [5, 5.41) is 4.91. The Hall–Kier alpha value is -2.34. The van der Waals surface area contributed by atoms with E-state index >= 15 is 0 Å². The van der Waals surface area contributed by atoms with Crippen LogP contribution in [0.3, 0.4) is 0 Å². The number of likely N-dealkylation sites (tertiary alicyclic amines) is 1. The summed E-state index contributed by atoms with van der Waals surface area (Å²) in [6, 6.07) is 9.35. The molecular weight excluding hydrogens is 360 g/mol. The first-order chi connectivity index (χ1) is 13.1. The lowest BCUT2D eigenvalue weighted by Crippen LogP contribution is -2.52. The number of rotatable bonds is 6. The van der Waals surface area contributed by atoms with Crippen LogP contribution in [0.4, 0.5) is 0 Å². The summed E-state index contributed by atoms with van der Waals surface area (Å²) in [7, 11) is 1.66. The van der Waals surface area contributed by atoms with E-state index in [4.69, 9.17) is 4.74 Å². The number of thiophene rings is 1. The monoisotopic (exact) mass is 386 g/mol. The average molecular weight is 387 g/mol. The van der Waals surface area contributed by atoms with Gasteiger partial charge in [-0.15, -0.1) is 11.3 Å². The van der Waals surface area contributed by atoms with Crippen molar-refractivity contribution >= 4 is 23.2 Å². The summed E-state index contributed by atoms with van der Waals surface area (Å²) in [5.74, 6) is 0.735. The number of benzene rings is 1. The number of hydrogen-bond donors (Lipinski definition) is 1. The number of carbonyl (C=O) groups excluding carboxylic acids is 2. The molecular formula is C21H26N2O3S. The van der Waals surface area contributed by atoms with Crippen LogP contribution in [0.5, 0.6) is 5.75 Å². The van der Waals surface area contributed by atoms with E-state index in [0.717, 1.165) is 36.1 Å². The zero-order valence-electron chi connectivity index (χ0n) is 15.9. The maximum absolute atomic E-state index is 12.8. The van der Waals surface area contributed by atoms with E-state index in [1.165, 1.54) is 11.3 Å². The van der Waals surface area contributed by atoms with Crippen LogP contribution in [0.1, 0.15) is 40.1 Å². The van der Waals surface area contributed by atoms with Crippen molar-refractivity contribution in [3.05, 3.63) is 51.7 Å². The van der Waals surface area contributed by atoms with Crippen molar-refractivity contribution in [3.8, 4) is 5.75 Å². The SMILES string of the molecule is COc1ccc(C)cc1CCNC(=O)C1CCCCN1C(=O)c1cccs1. The molecule has 0 spiro atoms. The van der Waals surface area contributed by atoms with Gasteiger partial charge in [-0.1, -0.05) is 23.8 Å². The summed E-state index contributed by atoms with van der Waals surface area (Å²) in [6.07, 6.45) is 3.33. The van der Waals surface area contributed by atoms with Gasteiger partial charge in [-0.25, -0.2) is 0 Å². The number of carbonyl (C=O) groups is 2. The molecule has 1 atom stereocenters.